The maximum atomic E-state index is 5.95. The van der Waals surface area contributed by atoms with Crippen LogP contribution in [0.4, 0.5) is 5.82 Å². The van der Waals surface area contributed by atoms with Gasteiger partial charge in [-0.15, -0.1) is 0 Å². The zero-order chi connectivity index (χ0) is 25.1. The minimum absolute atomic E-state index is 0.00207. The minimum atomic E-state index is -0.0917. The fourth-order valence-corrected chi connectivity index (χ4v) is 5.33. The number of nitrogens with zero attached hydrogens (tertiary/aromatic N) is 1. The number of hydrogen-bond donors (Lipinski definition) is 3. The standard InChI is InChI=1S/C30H44N4/c1-9-26-23(16-21(3)20(2)15-22(4)31)17-27(24-18-29(5,6)34-30(7,8)19-24)33-28(26)32-25-13-11-10-12-14-25/h9,11,13,15,17-18,25,34H,1,10,12,14,16,19,31H2,2-8H3,(H,32,33)/b21-20+,22-15-. The summed E-state index contributed by atoms with van der Waals surface area (Å²) < 4.78 is 0. The highest BCUT2D eigenvalue weighted by Crippen LogP contribution is 2.36. The van der Waals surface area contributed by atoms with E-state index in [1.807, 2.05) is 13.0 Å². The van der Waals surface area contributed by atoms with Gasteiger partial charge in [0.2, 0.25) is 0 Å². The summed E-state index contributed by atoms with van der Waals surface area (Å²) in [7, 11) is 0. The summed E-state index contributed by atoms with van der Waals surface area (Å²) in [6.07, 6.45) is 16.2. The fraction of sp³-hybridized carbons (Fsp3) is 0.500. The van der Waals surface area contributed by atoms with Gasteiger partial charge in [0.15, 0.2) is 0 Å². The number of allylic oxidation sites excluding steroid dienone is 5. The van der Waals surface area contributed by atoms with Crippen LogP contribution < -0.4 is 16.4 Å². The molecule has 0 radical (unpaired) electrons. The summed E-state index contributed by atoms with van der Waals surface area (Å²) in [6, 6.07) is 2.58. The van der Waals surface area contributed by atoms with Gasteiger partial charge in [-0.2, -0.15) is 0 Å². The first-order valence-electron chi connectivity index (χ1n) is 12.6. The van der Waals surface area contributed by atoms with Crippen LogP contribution in [0, 0.1) is 0 Å². The molecule has 1 aromatic heterocycles. The van der Waals surface area contributed by atoms with Gasteiger partial charge in [-0.25, -0.2) is 4.98 Å². The molecule has 184 valence electrons. The lowest BCUT2D eigenvalue weighted by Gasteiger charge is -2.41. The Hall–Kier alpha value is -2.59. The monoisotopic (exact) mass is 460 g/mol. The highest BCUT2D eigenvalue weighted by Gasteiger charge is 2.33. The first-order chi connectivity index (χ1) is 15.9. The summed E-state index contributed by atoms with van der Waals surface area (Å²) >= 11 is 0. The molecule has 2 heterocycles. The second-order valence-electron chi connectivity index (χ2n) is 11.3. The summed E-state index contributed by atoms with van der Waals surface area (Å²) in [5.74, 6) is 0.935. The summed E-state index contributed by atoms with van der Waals surface area (Å²) in [5, 5.41) is 7.48. The van der Waals surface area contributed by atoms with E-state index in [-0.39, 0.29) is 11.1 Å². The number of rotatable bonds is 7. The van der Waals surface area contributed by atoms with E-state index in [2.05, 4.69) is 89.1 Å². The van der Waals surface area contributed by atoms with Crippen LogP contribution in [-0.2, 0) is 6.42 Å². The van der Waals surface area contributed by atoms with Gasteiger partial charge < -0.3 is 16.4 Å². The summed E-state index contributed by atoms with van der Waals surface area (Å²) in [6.45, 7) is 19.4. The Balaban J connectivity index is 2.13. The smallest absolute Gasteiger partial charge is 0.134 e. The Morgan fingerprint density at radius 1 is 1.26 bits per heavy atom. The van der Waals surface area contributed by atoms with Crippen molar-refractivity contribution in [2.75, 3.05) is 5.32 Å². The average molecular weight is 461 g/mol. The van der Waals surface area contributed by atoms with E-state index in [9.17, 15) is 0 Å². The van der Waals surface area contributed by atoms with Gasteiger partial charge in [-0.1, -0.05) is 42.0 Å². The van der Waals surface area contributed by atoms with Crippen molar-refractivity contribution in [3.8, 4) is 0 Å². The highest BCUT2D eigenvalue weighted by atomic mass is 15.0. The van der Waals surface area contributed by atoms with Gasteiger partial charge in [0.1, 0.15) is 5.82 Å². The Morgan fingerprint density at radius 2 is 2.00 bits per heavy atom. The second-order valence-corrected chi connectivity index (χ2v) is 11.3. The van der Waals surface area contributed by atoms with Crippen molar-refractivity contribution in [2.24, 2.45) is 5.73 Å². The van der Waals surface area contributed by atoms with Crippen molar-refractivity contribution in [3.63, 3.8) is 0 Å². The quantitative estimate of drug-likeness (QED) is 0.305. The third-order valence-electron chi connectivity index (χ3n) is 6.65. The lowest BCUT2D eigenvalue weighted by molar-refractivity contribution is 0.297. The van der Waals surface area contributed by atoms with Crippen molar-refractivity contribution >= 4 is 17.5 Å². The van der Waals surface area contributed by atoms with E-state index >= 15 is 0 Å². The molecule has 1 aliphatic heterocycles. The van der Waals surface area contributed by atoms with E-state index in [1.165, 1.54) is 28.7 Å². The Labute approximate surface area is 207 Å². The largest absolute Gasteiger partial charge is 0.402 e. The number of nitrogens with one attached hydrogen (secondary N) is 2. The predicted octanol–water partition coefficient (Wildman–Crippen LogP) is 6.92. The van der Waals surface area contributed by atoms with Crippen molar-refractivity contribution < 1.29 is 0 Å². The molecule has 1 atom stereocenters. The lowest BCUT2D eigenvalue weighted by Crippen LogP contribution is -2.53. The van der Waals surface area contributed by atoms with Crippen molar-refractivity contribution in [1.29, 1.82) is 0 Å². The van der Waals surface area contributed by atoms with Gasteiger partial charge >= 0.3 is 0 Å². The molecule has 0 saturated carbocycles. The molecule has 4 nitrogen and oxygen atoms in total. The van der Waals surface area contributed by atoms with Crippen LogP contribution in [0.5, 0.6) is 0 Å². The maximum absolute atomic E-state index is 5.95. The van der Waals surface area contributed by atoms with E-state index < -0.39 is 0 Å². The molecule has 34 heavy (non-hydrogen) atoms. The maximum Gasteiger partial charge on any atom is 0.134 e. The van der Waals surface area contributed by atoms with E-state index in [0.717, 1.165) is 48.5 Å². The number of hydrogen-bond acceptors (Lipinski definition) is 4. The van der Waals surface area contributed by atoms with Gasteiger partial charge in [0, 0.05) is 28.4 Å². The second kappa shape index (κ2) is 10.4. The molecule has 1 aromatic rings. The van der Waals surface area contributed by atoms with Gasteiger partial charge in [-0.05, 0) is 104 Å². The normalized spacial score (nSPS) is 22.6. The van der Waals surface area contributed by atoms with Crippen molar-refractivity contribution in [2.45, 2.75) is 97.7 Å². The molecule has 0 spiro atoms. The molecule has 2 aliphatic rings. The molecule has 0 bridgehead atoms. The molecular formula is C30H44N4. The Bertz CT molecular complexity index is 1050. The van der Waals surface area contributed by atoms with E-state index in [4.69, 9.17) is 10.7 Å². The SMILES string of the molecule is C=Cc1c(C/C(C)=C(C)/C=C(/C)N)cc(C2=CC(C)(C)NC(C)(C)C2)nc1NC1C=CCCC1. The molecule has 0 saturated heterocycles. The number of aromatic nitrogens is 1. The van der Waals surface area contributed by atoms with Crippen molar-refractivity contribution in [3.05, 3.63) is 70.6 Å². The van der Waals surface area contributed by atoms with Gasteiger partial charge in [-0.3, -0.25) is 0 Å². The van der Waals surface area contributed by atoms with Gasteiger partial charge in [0.25, 0.3) is 0 Å². The number of nitrogens with two attached hydrogens (primary N) is 1. The van der Waals surface area contributed by atoms with Crippen LogP contribution >= 0.6 is 0 Å². The van der Waals surface area contributed by atoms with Crippen LogP contribution in [-0.4, -0.2) is 22.1 Å². The molecular weight excluding hydrogens is 416 g/mol. The molecule has 0 fully saturated rings. The fourth-order valence-electron chi connectivity index (χ4n) is 5.33. The Morgan fingerprint density at radius 3 is 2.59 bits per heavy atom. The van der Waals surface area contributed by atoms with E-state index in [1.54, 1.807) is 0 Å². The molecule has 1 unspecified atom stereocenters. The van der Waals surface area contributed by atoms with Crippen LogP contribution in [0.1, 0.15) is 91.0 Å². The third-order valence-corrected chi connectivity index (χ3v) is 6.65. The summed E-state index contributed by atoms with van der Waals surface area (Å²) in [4.78, 5) is 5.19. The van der Waals surface area contributed by atoms with Gasteiger partial charge in [0.05, 0.1) is 5.69 Å². The van der Waals surface area contributed by atoms with Crippen LogP contribution in [0.15, 0.2) is 53.8 Å². The molecule has 0 amide bonds. The molecule has 4 heteroatoms. The zero-order valence-electron chi connectivity index (χ0n) is 22.3. The molecule has 0 aromatic carbocycles. The van der Waals surface area contributed by atoms with Crippen molar-refractivity contribution in [1.82, 2.24) is 10.3 Å². The number of pyridine rings is 1. The molecule has 1 aliphatic carbocycles. The first kappa shape index (κ1) is 26.0. The summed E-state index contributed by atoms with van der Waals surface area (Å²) in [5.41, 5.74) is 13.9. The lowest BCUT2D eigenvalue weighted by atomic mass is 9.82. The minimum Gasteiger partial charge on any atom is -0.402 e. The Kier molecular flexibility index (Phi) is 7.92. The first-order valence-corrected chi connectivity index (χ1v) is 12.6. The average Bonchev–Trinajstić information content (AvgIpc) is 2.71. The molecule has 4 N–H and O–H groups in total. The highest BCUT2D eigenvalue weighted by molar-refractivity contribution is 5.74. The molecule has 3 rings (SSSR count). The van der Waals surface area contributed by atoms with Crippen LogP contribution in [0.2, 0.25) is 0 Å². The predicted molar refractivity (Wildman–Crippen MR) is 149 cm³/mol. The van der Waals surface area contributed by atoms with E-state index in [0.29, 0.717) is 6.04 Å². The third kappa shape index (κ3) is 6.73. The topological polar surface area (TPSA) is 63.0 Å². The van der Waals surface area contributed by atoms with Crippen LogP contribution in [0.3, 0.4) is 0 Å². The number of anilines is 1. The zero-order valence-corrected chi connectivity index (χ0v) is 22.3. The van der Waals surface area contributed by atoms with Crippen LogP contribution in [0.25, 0.3) is 11.6 Å².